The summed E-state index contributed by atoms with van der Waals surface area (Å²) in [5.74, 6) is 0.0680. The first kappa shape index (κ1) is 19.0. The molecular weight excluding hydrogens is 312 g/mol. The van der Waals surface area contributed by atoms with Crippen molar-refractivity contribution in [3.8, 4) is 0 Å². The van der Waals surface area contributed by atoms with Gasteiger partial charge in [0.05, 0.1) is 5.69 Å². The fourth-order valence-corrected chi connectivity index (χ4v) is 3.03. The van der Waals surface area contributed by atoms with Crippen LogP contribution in [0.4, 0.5) is 5.69 Å². The van der Waals surface area contributed by atoms with Crippen LogP contribution < -0.4 is 10.2 Å². The van der Waals surface area contributed by atoms with Crippen LogP contribution in [0.5, 0.6) is 0 Å². The minimum atomic E-state index is -0.0477. The number of aromatic nitrogens is 2. The Morgan fingerprint density at radius 2 is 1.96 bits per heavy atom. The Labute approximate surface area is 151 Å². The predicted molar refractivity (Wildman–Crippen MR) is 103 cm³/mol. The Bertz CT molecular complexity index is 693. The van der Waals surface area contributed by atoms with Crippen LogP contribution in [-0.2, 0) is 18.3 Å². The molecule has 136 valence electrons. The zero-order valence-electron chi connectivity index (χ0n) is 16.0. The first-order valence-electron chi connectivity index (χ1n) is 8.93. The lowest BCUT2D eigenvalue weighted by Gasteiger charge is -2.19. The molecule has 0 aliphatic rings. The molecule has 0 aliphatic carbocycles. The molecule has 1 unspecified atom stereocenters. The molecule has 5 heteroatoms. The van der Waals surface area contributed by atoms with Crippen LogP contribution in [0.2, 0.25) is 0 Å². The van der Waals surface area contributed by atoms with Crippen molar-refractivity contribution in [1.29, 1.82) is 0 Å². The fraction of sp³-hybridized carbons (Fsp3) is 0.500. The molecule has 2 rings (SSSR count). The van der Waals surface area contributed by atoms with E-state index in [4.69, 9.17) is 0 Å². The van der Waals surface area contributed by atoms with Gasteiger partial charge in [-0.05, 0) is 44.4 Å². The van der Waals surface area contributed by atoms with E-state index in [1.165, 1.54) is 11.3 Å². The zero-order valence-corrected chi connectivity index (χ0v) is 16.0. The third-order valence-corrected chi connectivity index (χ3v) is 4.78. The molecule has 0 bridgehead atoms. The quantitative estimate of drug-likeness (QED) is 0.751. The second-order valence-corrected chi connectivity index (χ2v) is 6.78. The van der Waals surface area contributed by atoms with Gasteiger partial charge >= 0.3 is 0 Å². The Morgan fingerprint density at radius 3 is 2.56 bits per heavy atom. The van der Waals surface area contributed by atoms with Gasteiger partial charge in [0.25, 0.3) is 0 Å². The van der Waals surface area contributed by atoms with Crippen LogP contribution in [0.3, 0.4) is 0 Å². The largest absolute Gasteiger partial charge is 0.375 e. The molecule has 0 saturated heterocycles. The molecule has 1 N–H and O–H groups in total. The number of carbonyl (C=O) groups excluding carboxylic acids is 1. The average Bonchev–Trinajstić information content (AvgIpc) is 2.85. The molecule has 1 aromatic carbocycles. The molecule has 0 fully saturated rings. The van der Waals surface area contributed by atoms with Gasteiger partial charge in [-0.3, -0.25) is 9.48 Å². The Morgan fingerprint density at radius 1 is 1.28 bits per heavy atom. The minimum Gasteiger partial charge on any atom is -0.375 e. The van der Waals surface area contributed by atoms with Gasteiger partial charge in [-0.15, -0.1) is 0 Å². The van der Waals surface area contributed by atoms with E-state index in [9.17, 15) is 4.79 Å². The van der Waals surface area contributed by atoms with E-state index in [1.807, 2.05) is 43.8 Å². The summed E-state index contributed by atoms with van der Waals surface area (Å²) >= 11 is 0. The minimum absolute atomic E-state index is 0.0477. The fourth-order valence-electron chi connectivity index (χ4n) is 3.03. The van der Waals surface area contributed by atoms with E-state index in [0.29, 0.717) is 6.54 Å². The lowest BCUT2D eigenvalue weighted by atomic mass is 9.99. The summed E-state index contributed by atoms with van der Waals surface area (Å²) in [6, 6.07) is 10.3. The summed E-state index contributed by atoms with van der Waals surface area (Å²) in [6.07, 6.45) is 1.66. The molecule has 0 spiro atoms. The standard InChI is InChI=1S/C20H30N4O/c1-15(14-19-16(2)22-24(5)17(19)3)20(25)21-12-9-13-23(4)18-10-7-6-8-11-18/h6-8,10-11,15H,9,12-14H2,1-5H3,(H,21,25). The predicted octanol–water partition coefficient (Wildman–Crippen LogP) is 2.86. The summed E-state index contributed by atoms with van der Waals surface area (Å²) in [5.41, 5.74) is 4.55. The Kier molecular flexibility index (Phi) is 6.62. The molecule has 1 aromatic heterocycles. The molecule has 5 nitrogen and oxygen atoms in total. The lowest BCUT2D eigenvalue weighted by Crippen LogP contribution is -2.33. The molecule has 0 radical (unpaired) electrons. The van der Waals surface area contributed by atoms with Crippen LogP contribution in [0.1, 0.15) is 30.3 Å². The van der Waals surface area contributed by atoms with E-state index >= 15 is 0 Å². The lowest BCUT2D eigenvalue weighted by molar-refractivity contribution is -0.124. The van der Waals surface area contributed by atoms with E-state index in [1.54, 1.807) is 0 Å². The van der Waals surface area contributed by atoms with Gasteiger partial charge in [0.1, 0.15) is 0 Å². The highest BCUT2D eigenvalue weighted by Gasteiger charge is 2.18. The number of rotatable bonds is 8. The van der Waals surface area contributed by atoms with Gasteiger partial charge in [-0.2, -0.15) is 5.10 Å². The van der Waals surface area contributed by atoms with Gasteiger partial charge in [-0.25, -0.2) is 0 Å². The Balaban J connectivity index is 1.74. The van der Waals surface area contributed by atoms with Gasteiger partial charge in [0.2, 0.25) is 5.91 Å². The monoisotopic (exact) mass is 342 g/mol. The van der Waals surface area contributed by atoms with Gasteiger partial charge in [0.15, 0.2) is 0 Å². The SMILES string of the molecule is Cc1nn(C)c(C)c1CC(C)C(=O)NCCCN(C)c1ccccc1. The summed E-state index contributed by atoms with van der Waals surface area (Å²) in [6.45, 7) is 7.66. The van der Waals surface area contributed by atoms with E-state index < -0.39 is 0 Å². The second kappa shape index (κ2) is 8.70. The van der Waals surface area contributed by atoms with Crippen molar-refractivity contribution in [1.82, 2.24) is 15.1 Å². The smallest absolute Gasteiger partial charge is 0.223 e. The average molecular weight is 342 g/mol. The molecule has 2 aromatic rings. The number of carbonyl (C=O) groups is 1. The van der Waals surface area contributed by atoms with Gasteiger partial charge in [-0.1, -0.05) is 25.1 Å². The normalized spacial score (nSPS) is 12.0. The van der Waals surface area contributed by atoms with Crippen LogP contribution in [0, 0.1) is 19.8 Å². The number of anilines is 1. The van der Waals surface area contributed by atoms with Crippen LogP contribution in [0.15, 0.2) is 30.3 Å². The van der Waals surface area contributed by atoms with Crippen molar-refractivity contribution in [2.45, 2.75) is 33.6 Å². The van der Waals surface area contributed by atoms with E-state index in [2.05, 4.69) is 41.4 Å². The van der Waals surface area contributed by atoms with Crippen molar-refractivity contribution in [2.24, 2.45) is 13.0 Å². The molecule has 25 heavy (non-hydrogen) atoms. The van der Waals surface area contributed by atoms with Crippen molar-refractivity contribution >= 4 is 11.6 Å². The highest BCUT2D eigenvalue weighted by Crippen LogP contribution is 2.17. The number of aryl methyl sites for hydroxylation is 2. The second-order valence-electron chi connectivity index (χ2n) is 6.78. The number of hydrogen-bond donors (Lipinski definition) is 1. The number of amides is 1. The van der Waals surface area contributed by atoms with Gasteiger partial charge < -0.3 is 10.2 Å². The number of benzene rings is 1. The van der Waals surface area contributed by atoms with Crippen molar-refractivity contribution < 1.29 is 4.79 Å². The molecule has 1 heterocycles. The topological polar surface area (TPSA) is 50.2 Å². The first-order valence-corrected chi connectivity index (χ1v) is 8.93. The number of para-hydroxylation sites is 1. The maximum atomic E-state index is 12.3. The van der Waals surface area contributed by atoms with Gasteiger partial charge in [0, 0.05) is 44.5 Å². The zero-order chi connectivity index (χ0) is 18.4. The summed E-state index contributed by atoms with van der Waals surface area (Å²) in [4.78, 5) is 14.5. The first-order chi connectivity index (χ1) is 11.9. The van der Waals surface area contributed by atoms with Crippen LogP contribution >= 0.6 is 0 Å². The third kappa shape index (κ3) is 5.08. The molecule has 0 aliphatic heterocycles. The molecular formula is C20H30N4O. The van der Waals surface area contributed by atoms with Crippen molar-refractivity contribution in [2.75, 3.05) is 25.0 Å². The van der Waals surface area contributed by atoms with Crippen LogP contribution in [-0.4, -0.2) is 35.8 Å². The highest BCUT2D eigenvalue weighted by atomic mass is 16.1. The Hall–Kier alpha value is -2.30. The van der Waals surface area contributed by atoms with E-state index in [0.717, 1.165) is 30.8 Å². The molecule has 1 amide bonds. The summed E-state index contributed by atoms with van der Waals surface area (Å²) in [7, 11) is 4.02. The maximum Gasteiger partial charge on any atom is 0.223 e. The molecule has 0 saturated carbocycles. The number of hydrogen-bond acceptors (Lipinski definition) is 3. The summed E-state index contributed by atoms with van der Waals surface area (Å²) < 4.78 is 1.88. The van der Waals surface area contributed by atoms with Crippen molar-refractivity contribution in [3.05, 3.63) is 47.3 Å². The highest BCUT2D eigenvalue weighted by molar-refractivity contribution is 5.78. The van der Waals surface area contributed by atoms with Crippen molar-refractivity contribution in [3.63, 3.8) is 0 Å². The van der Waals surface area contributed by atoms with Crippen LogP contribution in [0.25, 0.3) is 0 Å². The number of nitrogens with one attached hydrogen (secondary N) is 1. The number of nitrogens with zero attached hydrogens (tertiary/aromatic N) is 3. The van der Waals surface area contributed by atoms with E-state index in [-0.39, 0.29) is 11.8 Å². The molecule has 1 atom stereocenters. The third-order valence-electron chi connectivity index (χ3n) is 4.78. The maximum absolute atomic E-state index is 12.3. The summed E-state index contributed by atoms with van der Waals surface area (Å²) in [5, 5.41) is 7.49.